The number of hydrogen-bond donors (Lipinski definition) is 1. The molecule has 0 saturated heterocycles. The molecule has 0 aliphatic carbocycles. The summed E-state index contributed by atoms with van der Waals surface area (Å²) in [5.41, 5.74) is 1.97. The van der Waals surface area contributed by atoms with Crippen LogP contribution in [0.5, 0.6) is 11.5 Å². The van der Waals surface area contributed by atoms with E-state index in [1.165, 1.54) is 18.5 Å². The van der Waals surface area contributed by atoms with Crippen LogP contribution in [0, 0.1) is 5.82 Å². The maximum atomic E-state index is 13.5. The first-order valence-corrected chi connectivity index (χ1v) is 7.89. The molecule has 0 fully saturated rings. The highest BCUT2D eigenvalue weighted by Crippen LogP contribution is 2.35. The average Bonchev–Trinajstić information content (AvgIpc) is 3.28. The van der Waals surface area contributed by atoms with Crippen LogP contribution in [0.15, 0.2) is 55.0 Å². The molecule has 0 bridgehead atoms. The highest BCUT2D eigenvalue weighted by molar-refractivity contribution is 5.89. The normalized spacial score (nSPS) is 12.5. The monoisotopic (exact) mass is 349 g/mol. The van der Waals surface area contributed by atoms with Gasteiger partial charge in [-0.05, 0) is 30.3 Å². The quantitative estimate of drug-likeness (QED) is 0.611. The first-order valence-electron chi connectivity index (χ1n) is 7.89. The Balaban J connectivity index is 1.55. The predicted octanol–water partition coefficient (Wildman–Crippen LogP) is 3.43. The number of hydrogen-bond acceptors (Lipinski definition) is 6. The zero-order valence-electron chi connectivity index (χ0n) is 13.4. The van der Waals surface area contributed by atoms with Crippen molar-refractivity contribution in [2.24, 2.45) is 0 Å². The third kappa shape index (κ3) is 2.39. The van der Waals surface area contributed by atoms with E-state index in [0.717, 1.165) is 11.1 Å². The predicted molar refractivity (Wildman–Crippen MR) is 92.5 cm³/mol. The zero-order chi connectivity index (χ0) is 17.5. The lowest BCUT2D eigenvalue weighted by Gasteiger charge is -2.08. The van der Waals surface area contributed by atoms with E-state index in [1.54, 1.807) is 23.0 Å². The summed E-state index contributed by atoms with van der Waals surface area (Å²) in [4.78, 5) is 8.59. The van der Waals surface area contributed by atoms with Gasteiger partial charge < -0.3 is 14.8 Å². The summed E-state index contributed by atoms with van der Waals surface area (Å²) in [6, 6.07) is 11.7. The Kier molecular flexibility index (Phi) is 3.21. The van der Waals surface area contributed by atoms with Crippen LogP contribution in [0.3, 0.4) is 0 Å². The van der Waals surface area contributed by atoms with Gasteiger partial charge in [-0.25, -0.2) is 19.0 Å². The van der Waals surface area contributed by atoms with Crippen LogP contribution in [0.1, 0.15) is 0 Å². The second-order valence-corrected chi connectivity index (χ2v) is 5.69. The SMILES string of the molecule is Fc1cccc(-n2ncc3c(Nc4ccc5c(c4)OCO5)ncnc32)c1. The van der Waals surface area contributed by atoms with Gasteiger partial charge in [0.1, 0.15) is 18.0 Å². The van der Waals surface area contributed by atoms with Crippen molar-refractivity contribution in [3.8, 4) is 17.2 Å². The molecule has 8 heteroatoms. The number of halogens is 1. The van der Waals surface area contributed by atoms with Crippen molar-refractivity contribution in [2.45, 2.75) is 0 Å². The van der Waals surface area contributed by atoms with E-state index in [1.807, 2.05) is 18.2 Å². The second kappa shape index (κ2) is 5.69. The molecular weight excluding hydrogens is 337 g/mol. The highest BCUT2D eigenvalue weighted by Gasteiger charge is 2.15. The molecule has 128 valence electrons. The van der Waals surface area contributed by atoms with Crippen molar-refractivity contribution >= 4 is 22.5 Å². The van der Waals surface area contributed by atoms with Gasteiger partial charge in [0.2, 0.25) is 6.79 Å². The minimum atomic E-state index is -0.334. The number of anilines is 2. The van der Waals surface area contributed by atoms with E-state index < -0.39 is 0 Å². The Morgan fingerprint density at radius 3 is 2.88 bits per heavy atom. The van der Waals surface area contributed by atoms with Crippen molar-refractivity contribution < 1.29 is 13.9 Å². The Morgan fingerprint density at radius 2 is 1.96 bits per heavy atom. The zero-order valence-corrected chi connectivity index (χ0v) is 13.4. The summed E-state index contributed by atoms with van der Waals surface area (Å²) < 4.78 is 25.8. The fourth-order valence-corrected chi connectivity index (χ4v) is 2.85. The van der Waals surface area contributed by atoms with Crippen molar-refractivity contribution in [2.75, 3.05) is 12.1 Å². The largest absolute Gasteiger partial charge is 0.454 e. The molecule has 2 aromatic carbocycles. The lowest BCUT2D eigenvalue weighted by atomic mass is 10.2. The smallest absolute Gasteiger partial charge is 0.231 e. The Hall–Kier alpha value is -3.68. The Morgan fingerprint density at radius 1 is 1.04 bits per heavy atom. The van der Waals surface area contributed by atoms with E-state index in [-0.39, 0.29) is 12.6 Å². The van der Waals surface area contributed by atoms with Gasteiger partial charge in [0.15, 0.2) is 17.1 Å². The lowest BCUT2D eigenvalue weighted by molar-refractivity contribution is 0.174. The number of fused-ring (bicyclic) bond motifs is 2. The van der Waals surface area contributed by atoms with E-state index in [0.29, 0.717) is 28.7 Å². The molecule has 0 spiro atoms. The molecule has 2 aromatic heterocycles. The molecule has 0 radical (unpaired) electrons. The molecule has 7 nitrogen and oxygen atoms in total. The minimum absolute atomic E-state index is 0.219. The Labute approximate surface area is 147 Å². The van der Waals surface area contributed by atoms with Crippen LogP contribution in [0.4, 0.5) is 15.9 Å². The van der Waals surface area contributed by atoms with Crippen molar-refractivity contribution in [1.82, 2.24) is 19.7 Å². The molecule has 26 heavy (non-hydrogen) atoms. The third-order valence-corrected chi connectivity index (χ3v) is 4.05. The molecule has 3 heterocycles. The standard InChI is InChI=1S/C18H12FN5O2/c19-11-2-1-3-13(6-11)24-18-14(8-22-24)17(20-9-21-18)23-12-4-5-15-16(7-12)26-10-25-15/h1-9H,10H2,(H,20,21,23). The maximum Gasteiger partial charge on any atom is 0.231 e. The summed E-state index contributed by atoms with van der Waals surface area (Å²) >= 11 is 0. The summed E-state index contributed by atoms with van der Waals surface area (Å²) in [7, 11) is 0. The molecule has 1 aliphatic heterocycles. The number of rotatable bonds is 3. The number of benzene rings is 2. The van der Waals surface area contributed by atoms with Crippen LogP contribution in [0.25, 0.3) is 16.7 Å². The van der Waals surface area contributed by atoms with E-state index in [2.05, 4.69) is 20.4 Å². The first-order chi connectivity index (χ1) is 12.8. The van der Waals surface area contributed by atoms with Crippen molar-refractivity contribution in [3.05, 3.63) is 60.8 Å². The topological polar surface area (TPSA) is 74.1 Å². The molecule has 0 atom stereocenters. The van der Waals surface area contributed by atoms with E-state index in [4.69, 9.17) is 9.47 Å². The number of nitrogens with zero attached hydrogens (tertiary/aromatic N) is 4. The minimum Gasteiger partial charge on any atom is -0.454 e. The van der Waals surface area contributed by atoms with E-state index in [9.17, 15) is 4.39 Å². The van der Waals surface area contributed by atoms with Gasteiger partial charge >= 0.3 is 0 Å². The Bertz CT molecular complexity index is 1130. The van der Waals surface area contributed by atoms with Crippen molar-refractivity contribution in [1.29, 1.82) is 0 Å². The molecule has 5 rings (SSSR count). The summed E-state index contributed by atoms with van der Waals surface area (Å²) in [6.07, 6.45) is 3.09. The van der Waals surface area contributed by atoms with Gasteiger partial charge in [-0.15, -0.1) is 0 Å². The van der Waals surface area contributed by atoms with Crippen LogP contribution < -0.4 is 14.8 Å². The first kappa shape index (κ1) is 14.6. The molecular formula is C18H12FN5O2. The number of ether oxygens (including phenoxy) is 2. The summed E-state index contributed by atoms with van der Waals surface area (Å²) in [5.74, 6) is 1.65. The van der Waals surface area contributed by atoms with E-state index >= 15 is 0 Å². The van der Waals surface area contributed by atoms with Gasteiger partial charge in [0, 0.05) is 11.8 Å². The van der Waals surface area contributed by atoms with Crippen LogP contribution in [-0.2, 0) is 0 Å². The highest BCUT2D eigenvalue weighted by atomic mass is 19.1. The third-order valence-electron chi connectivity index (χ3n) is 4.05. The molecule has 0 saturated carbocycles. The average molecular weight is 349 g/mol. The van der Waals surface area contributed by atoms with Crippen LogP contribution in [-0.4, -0.2) is 26.5 Å². The number of nitrogens with one attached hydrogen (secondary N) is 1. The fourth-order valence-electron chi connectivity index (χ4n) is 2.85. The van der Waals surface area contributed by atoms with Gasteiger partial charge in [-0.1, -0.05) is 6.07 Å². The molecule has 0 amide bonds. The molecule has 0 unspecified atom stereocenters. The van der Waals surface area contributed by atoms with Crippen LogP contribution >= 0.6 is 0 Å². The maximum absolute atomic E-state index is 13.5. The van der Waals surface area contributed by atoms with Crippen LogP contribution in [0.2, 0.25) is 0 Å². The fraction of sp³-hybridized carbons (Fsp3) is 0.0556. The van der Waals surface area contributed by atoms with Crippen molar-refractivity contribution in [3.63, 3.8) is 0 Å². The molecule has 1 N–H and O–H groups in total. The van der Waals surface area contributed by atoms with Gasteiger partial charge in [-0.3, -0.25) is 0 Å². The van der Waals surface area contributed by atoms with Gasteiger partial charge in [0.05, 0.1) is 17.3 Å². The van der Waals surface area contributed by atoms with Gasteiger partial charge in [0.25, 0.3) is 0 Å². The number of aromatic nitrogens is 4. The summed E-state index contributed by atoms with van der Waals surface area (Å²) in [6.45, 7) is 0.219. The molecule has 4 aromatic rings. The molecule has 1 aliphatic rings. The summed E-state index contributed by atoms with van der Waals surface area (Å²) in [5, 5.41) is 8.29. The second-order valence-electron chi connectivity index (χ2n) is 5.69. The van der Waals surface area contributed by atoms with Gasteiger partial charge in [-0.2, -0.15) is 5.10 Å². The lowest BCUT2D eigenvalue weighted by Crippen LogP contribution is -2.00.